The predicted octanol–water partition coefficient (Wildman–Crippen LogP) is 4.34. The van der Waals surface area contributed by atoms with Crippen LogP contribution in [-0.2, 0) is 19.9 Å². The minimum absolute atomic E-state index is 0.288. The number of nitrogens with zero attached hydrogens (tertiary/aromatic N) is 1. The second-order valence-electron chi connectivity index (χ2n) is 7.46. The van der Waals surface area contributed by atoms with Crippen LogP contribution in [0.4, 0.5) is 4.79 Å². The van der Waals surface area contributed by atoms with Crippen LogP contribution in [-0.4, -0.2) is 29.5 Å². The van der Waals surface area contributed by atoms with Crippen LogP contribution in [0.5, 0.6) is 0 Å². The molecule has 1 fully saturated rings. The highest BCUT2D eigenvalue weighted by atomic mass is 16.5. The van der Waals surface area contributed by atoms with E-state index in [0.717, 1.165) is 37.0 Å². The molecule has 0 unspecified atom stereocenters. The van der Waals surface area contributed by atoms with Gasteiger partial charge in [0.2, 0.25) is 0 Å². The van der Waals surface area contributed by atoms with E-state index in [4.69, 9.17) is 4.74 Å². The number of nitrogens with one attached hydrogen (secondary N) is 1. The fraction of sp³-hybridized carbons (Fsp3) is 0.375. The molecule has 158 valence electrons. The first-order valence-electron chi connectivity index (χ1n) is 10.5. The molecule has 2 aromatic carbocycles. The lowest BCUT2D eigenvalue weighted by Gasteiger charge is -2.27. The van der Waals surface area contributed by atoms with E-state index in [1.807, 2.05) is 36.4 Å². The minimum atomic E-state index is -1.34. The number of hydrogen-bond acceptors (Lipinski definition) is 4. The molecule has 0 spiro atoms. The average Bonchev–Trinajstić information content (AvgIpc) is 3.04. The van der Waals surface area contributed by atoms with E-state index in [9.17, 15) is 14.4 Å². The molecule has 2 aromatic rings. The first-order chi connectivity index (χ1) is 14.6. The van der Waals surface area contributed by atoms with E-state index in [-0.39, 0.29) is 13.2 Å². The number of esters is 1. The first-order valence-corrected chi connectivity index (χ1v) is 10.5. The molecule has 1 aliphatic heterocycles. The summed E-state index contributed by atoms with van der Waals surface area (Å²) in [6.07, 6.45) is 5.39. The van der Waals surface area contributed by atoms with Crippen LogP contribution in [0, 0.1) is 0 Å². The Kier molecular flexibility index (Phi) is 7.22. The largest absolute Gasteiger partial charge is 0.444 e. The van der Waals surface area contributed by atoms with E-state index >= 15 is 0 Å². The fourth-order valence-corrected chi connectivity index (χ4v) is 3.71. The van der Waals surface area contributed by atoms with Gasteiger partial charge in [-0.25, -0.2) is 9.69 Å². The summed E-state index contributed by atoms with van der Waals surface area (Å²) in [5.41, 5.74) is -0.0368. The van der Waals surface area contributed by atoms with Gasteiger partial charge in [-0.1, -0.05) is 93.3 Å². The topological polar surface area (TPSA) is 75.7 Å². The molecule has 0 aromatic heterocycles. The Morgan fingerprint density at radius 1 is 0.900 bits per heavy atom. The molecule has 30 heavy (non-hydrogen) atoms. The molecule has 0 aliphatic carbocycles. The number of ether oxygens (including phenoxy) is 1. The molecule has 0 radical (unpaired) electrons. The van der Waals surface area contributed by atoms with Crippen molar-refractivity contribution in [3.05, 3.63) is 71.8 Å². The number of rotatable bonds is 10. The number of urea groups is 1. The van der Waals surface area contributed by atoms with Crippen LogP contribution in [0.2, 0.25) is 0 Å². The Labute approximate surface area is 177 Å². The summed E-state index contributed by atoms with van der Waals surface area (Å²) < 4.78 is 5.24. The smallest absolute Gasteiger partial charge is 0.328 e. The van der Waals surface area contributed by atoms with E-state index in [1.165, 1.54) is 0 Å². The Bertz CT molecular complexity index is 828. The van der Waals surface area contributed by atoms with Gasteiger partial charge in [-0.15, -0.1) is 0 Å². The van der Waals surface area contributed by atoms with Gasteiger partial charge in [-0.05, 0) is 17.5 Å². The normalized spacial score (nSPS) is 15.2. The maximum Gasteiger partial charge on any atom is 0.328 e. The molecule has 3 rings (SSSR count). The molecule has 0 atom stereocenters. The van der Waals surface area contributed by atoms with Crippen molar-refractivity contribution in [3.63, 3.8) is 0 Å². The number of carbonyl (C=O) groups is 3. The van der Waals surface area contributed by atoms with E-state index in [2.05, 4.69) is 12.2 Å². The van der Waals surface area contributed by atoms with Gasteiger partial charge in [0.05, 0.1) is 0 Å². The number of unbranched alkanes of at least 4 members (excludes halogenated alkanes) is 4. The molecule has 6 heteroatoms. The molecule has 6 nitrogen and oxygen atoms in total. The van der Waals surface area contributed by atoms with Gasteiger partial charge in [0.25, 0.3) is 5.91 Å². The van der Waals surface area contributed by atoms with Crippen molar-refractivity contribution in [1.29, 1.82) is 0 Å². The molecule has 1 heterocycles. The van der Waals surface area contributed by atoms with E-state index in [0.29, 0.717) is 11.1 Å². The highest BCUT2D eigenvalue weighted by Crippen LogP contribution is 2.35. The van der Waals surface area contributed by atoms with E-state index < -0.39 is 23.4 Å². The molecule has 1 N–H and O–H groups in total. The molecule has 0 saturated carbocycles. The summed E-state index contributed by atoms with van der Waals surface area (Å²) in [7, 11) is 0. The summed E-state index contributed by atoms with van der Waals surface area (Å²) in [5.74, 6) is -0.857. The van der Waals surface area contributed by atoms with Crippen LogP contribution in [0.25, 0.3) is 0 Å². The maximum atomic E-state index is 13.4. The third-order valence-electron chi connectivity index (χ3n) is 5.36. The van der Waals surface area contributed by atoms with Crippen LogP contribution in [0.15, 0.2) is 60.7 Å². The zero-order valence-corrected chi connectivity index (χ0v) is 17.3. The second-order valence-corrected chi connectivity index (χ2v) is 7.46. The number of benzene rings is 2. The van der Waals surface area contributed by atoms with Gasteiger partial charge in [0.1, 0.15) is 0 Å². The number of imide groups is 1. The first kappa shape index (κ1) is 21.6. The Hall–Kier alpha value is -3.15. The third kappa shape index (κ3) is 4.53. The molecular formula is C24H28N2O4. The quantitative estimate of drug-likeness (QED) is 0.360. The molecule has 0 bridgehead atoms. The lowest BCUT2D eigenvalue weighted by atomic mass is 9.83. The second kappa shape index (κ2) is 10.1. The highest BCUT2D eigenvalue weighted by Gasteiger charge is 2.54. The Morgan fingerprint density at radius 3 is 2.03 bits per heavy atom. The Morgan fingerprint density at radius 2 is 1.47 bits per heavy atom. The predicted molar refractivity (Wildman–Crippen MR) is 113 cm³/mol. The van der Waals surface area contributed by atoms with Crippen molar-refractivity contribution in [2.75, 3.05) is 6.73 Å². The lowest BCUT2D eigenvalue weighted by molar-refractivity contribution is -0.150. The molecule has 3 amide bonds. The standard InChI is InChI=1S/C24H28N2O4/c1-2-3-4-5-12-17-21(27)30-18-26-22(28)24(25-23(26)29,19-13-8-6-9-14-19)20-15-10-7-11-16-20/h6-11,13-16H,2-5,12,17-18H2,1H3,(H,25,29). The van der Waals surface area contributed by atoms with Crippen LogP contribution < -0.4 is 5.32 Å². The van der Waals surface area contributed by atoms with Gasteiger partial charge in [-0.2, -0.15) is 0 Å². The SMILES string of the molecule is CCCCCCCC(=O)OCN1C(=O)NC(c2ccccc2)(c2ccccc2)C1=O. The summed E-state index contributed by atoms with van der Waals surface area (Å²) in [6.45, 7) is 1.75. The van der Waals surface area contributed by atoms with Crippen molar-refractivity contribution in [2.45, 2.75) is 51.0 Å². The summed E-state index contributed by atoms with van der Waals surface area (Å²) in [5, 5.41) is 2.84. The van der Waals surface area contributed by atoms with Gasteiger partial charge in [-0.3, -0.25) is 9.59 Å². The minimum Gasteiger partial charge on any atom is -0.444 e. The highest BCUT2D eigenvalue weighted by molar-refractivity contribution is 6.09. The van der Waals surface area contributed by atoms with Crippen LogP contribution >= 0.6 is 0 Å². The van der Waals surface area contributed by atoms with Gasteiger partial charge in [0, 0.05) is 6.42 Å². The van der Waals surface area contributed by atoms with Crippen molar-refractivity contribution in [1.82, 2.24) is 10.2 Å². The average molecular weight is 408 g/mol. The molecular weight excluding hydrogens is 380 g/mol. The summed E-state index contributed by atoms with van der Waals surface area (Å²) in [6, 6.07) is 17.6. The number of hydrogen-bond donors (Lipinski definition) is 1. The van der Waals surface area contributed by atoms with Crippen LogP contribution in [0.1, 0.15) is 56.6 Å². The van der Waals surface area contributed by atoms with Crippen molar-refractivity contribution >= 4 is 17.9 Å². The van der Waals surface area contributed by atoms with Crippen molar-refractivity contribution in [3.8, 4) is 0 Å². The fourth-order valence-electron chi connectivity index (χ4n) is 3.71. The van der Waals surface area contributed by atoms with Crippen molar-refractivity contribution < 1.29 is 19.1 Å². The maximum absolute atomic E-state index is 13.4. The monoisotopic (exact) mass is 408 g/mol. The van der Waals surface area contributed by atoms with Gasteiger partial charge < -0.3 is 10.1 Å². The summed E-state index contributed by atoms with van der Waals surface area (Å²) >= 11 is 0. The van der Waals surface area contributed by atoms with Crippen LogP contribution in [0.3, 0.4) is 0 Å². The Balaban J connectivity index is 1.72. The zero-order chi connectivity index (χ0) is 21.4. The third-order valence-corrected chi connectivity index (χ3v) is 5.36. The number of carbonyl (C=O) groups excluding carboxylic acids is 3. The number of amides is 3. The zero-order valence-electron chi connectivity index (χ0n) is 17.3. The summed E-state index contributed by atoms with van der Waals surface area (Å²) in [4.78, 5) is 39.2. The molecule has 1 saturated heterocycles. The van der Waals surface area contributed by atoms with Crippen molar-refractivity contribution in [2.24, 2.45) is 0 Å². The van der Waals surface area contributed by atoms with Gasteiger partial charge >= 0.3 is 12.0 Å². The molecule has 1 aliphatic rings. The van der Waals surface area contributed by atoms with E-state index in [1.54, 1.807) is 24.3 Å². The lowest BCUT2D eigenvalue weighted by Crippen LogP contribution is -2.45. The van der Waals surface area contributed by atoms with Gasteiger partial charge in [0.15, 0.2) is 12.3 Å².